The van der Waals surface area contributed by atoms with E-state index in [9.17, 15) is 8.42 Å². The molecule has 23 heavy (non-hydrogen) atoms. The standard InChI is InChI=1S/C18H21NO3S/c1-19-12-18-17-5-3-4-15(16(17)10-11-22-18)13-6-8-14(9-7-13)23(2,20)21/h3-9,18-19H,10-12H2,1-2H3/t18-/m1/s1. The number of fused-ring (bicyclic) bond motifs is 1. The number of likely N-dealkylation sites (N-methyl/N-ethyl adjacent to an activating group) is 1. The highest BCUT2D eigenvalue weighted by Crippen LogP contribution is 2.34. The Labute approximate surface area is 137 Å². The molecule has 1 aliphatic heterocycles. The zero-order valence-corrected chi connectivity index (χ0v) is 14.2. The molecule has 0 fully saturated rings. The van der Waals surface area contributed by atoms with Crippen molar-refractivity contribution in [3.63, 3.8) is 0 Å². The van der Waals surface area contributed by atoms with Crippen molar-refractivity contribution in [3.05, 3.63) is 53.6 Å². The Kier molecular flexibility index (Phi) is 4.53. The minimum atomic E-state index is -3.16. The molecule has 1 aliphatic rings. The molecule has 5 heteroatoms. The lowest BCUT2D eigenvalue weighted by atomic mass is 9.89. The van der Waals surface area contributed by atoms with Gasteiger partial charge in [0.05, 0.1) is 17.6 Å². The van der Waals surface area contributed by atoms with Gasteiger partial charge in [0.1, 0.15) is 0 Å². The molecule has 0 radical (unpaired) electrons. The number of rotatable bonds is 4. The van der Waals surface area contributed by atoms with E-state index in [0.29, 0.717) is 11.5 Å². The van der Waals surface area contributed by atoms with Gasteiger partial charge in [0, 0.05) is 12.8 Å². The topological polar surface area (TPSA) is 55.4 Å². The van der Waals surface area contributed by atoms with Crippen molar-refractivity contribution in [2.75, 3.05) is 26.5 Å². The fraction of sp³-hybridized carbons (Fsp3) is 0.333. The van der Waals surface area contributed by atoms with Crippen LogP contribution >= 0.6 is 0 Å². The van der Waals surface area contributed by atoms with Crippen LogP contribution in [0.15, 0.2) is 47.4 Å². The van der Waals surface area contributed by atoms with Crippen LogP contribution in [0, 0.1) is 0 Å². The van der Waals surface area contributed by atoms with Crippen molar-refractivity contribution in [1.82, 2.24) is 5.32 Å². The number of ether oxygens (including phenoxy) is 1. The molecule has 0 unspecified atom stereocenters. The van der Waals surface area contributed by atoms with Gasteiger partial charge < -0.3 is 10.1 Å². The van der Waals surface area contributed by atoms with E-state index >= 15 is 0 Å². The van der Waals surface area contributed by atoms with Crippen LogP contribution in [0.2, 0.25) is 0 Å². The number of sulfone groups is 1. The fourth-order valence-corrected chi connectivity index (χ4v) is 3.72. The lowest BCUT2D eigenvalue weighted by molar-refractivity contribution is 0.0440. The molecule has 1 N–H and O–H groups in total. The molecule has 0 aliphatic carbocycles. The van der Waals surface area contributed by atoms with E-state index in [-0.39, 0.29) is 6.10 Å². The second kappa shape index (κ2) is 6.43. The third kappa shape index (κ3) is 3.32. The van der Waals surface area contributed by atoms with Crippen LogP contribution in [0.3, 0.4) is 0 Å². The molecule has 1 heterocycles. The molecule has 0 spiro atoms. The number of hydrogen-bond donors (Lipinski definition) is 1. The molecule has 2 aromatic carbocycles. The lowest BCUT2D eigenvalue weighted by Crippen LogP contribution is -2.25. The Balaban J connectivity index is 2.03. The van der Waals surface area contributed by atoms with Crippen molar-refractivity contribution in [3.8, 4) is 11.1 Å². The predicted octanol–water partition coefficient (Wildman–Crippen LogP) is 2.59. The SMILES string of the molecule is CNC[C@H]1OCCc2c(-c3ccc(S(C)(=O)=O)cc3)cccc21. The summed E-state index contributed by atoms with van der Waals surface area (Å²) in [4.78, 5) is 0.349. The van der Waals surface area contributed by atoms with E-state index in [2.05, 4.69) is 17.4 Å². The van der Waals surface area contributed by atoms with E-state index in [1.165, 1.54) is 17.4 Å². The first-order chi connectivity index (χ1) is 11.0. The Morgan fingerprint density at radius 1 is 1.17 bits per heavy atom. The maximum Gasteiger partial charge on any atom is 0.175 e. The average molecular weight is 331 g/mol. The minimum Gasteiger partial charge on any atom is -0.372 e. The Hall–Kier alpha value is -1.69. The van der Waals surface area contributed by atoms with E-state index in [0.717, 1.165) is 24.1 Å². The van der Waals surface area contributed by atoms with Crippen molar-refractivity contribution >= 4 is 9.84 Å². The van der Waals surface area contributed by atoms with Gasteiger partial charge >= 0.3 is 0 Å². The van der Waals surface area contributed by atoms with E-state index in [1.807, 2.05) is 25.2 Å². The molecule has 0 saturated carbocycles. The second-order valence-corrected chi connectivity index (χ2v) is 7.85. The highest BCUT2D eigenvalue weighted by molar-refractivity contribution is 7.90. The maximum absolute atomic E-state index is 11.6. The molecule has 3 rings (SSSR count). The van der Waals surface area contributed by atoms with E-state index in [4.69, 9.17) is 4.74 Å². The van der Waals surface area contributed by atoms with Gasteiger partial charge in [0.2, 0.25) is 0 Å². The van der Waals surface area contributed by atoms with Crippen molar-refractivity contribution in [1.29, 1.82) is 0 Å². The van der Waals surface area contributed by atoms with Crippen LogP contribution in [0.1, 0.15) is 17.2 Å². The highest BCUT2D eigenvalue weighted by Gasteiger charge is 2.22. The van der Waals surface area contributed by atoms with Gasteiger partial charge in [-0.3, -0.25) is 0 Å². The Morgan fingerprint density at radius 3 is 2.57 bits per heavy atom. The summed E-state index contributed by atoms with van der Waals surface area (Å²) in [6, 6.07) is 13.4. The van der Waals surface area contributed by atoms with Gasteiger partial charge in [-0.2, -0.15) is 0 Å². The fourth-order valence-electron chi connectivity index (χ4n) is 3.08. The molecule has 0 saturated heterocycles. The summed E-state index contributed by atoms with van der Waals surface area (Å²) in [5.41, 5.74) is 4.72. The molecule has 122 valence electrons. The molecule has 0 amide bonds. The van der Waals surface area contributed by atoms with Gasteiger partial charge in [0.25, 0.3) is 0 Å². The zero-order chi connectivity index (χ0) is 16.4. The van der Waals surface area contributed by atoms with Gasteiger partial charge in [-0.1, -0.05) is 30.3 Å². The van der Waals surface area contributed by atoms with Gasteiger partial charge in [-0.05, 0) is 47.9 Å². The third-order valence-electron chi connectivity index (χ3n) is 4.21. The summed E-state index contributed by atoms with van der Waals surface area (Å²) in [6.45, 7) is 1.49. The normalized spacial score (nSPS) is 17.7. The molecular weight excluding hydrogens is 310 g/mol. The van der Waals surface area contributed by atoms with Crippen LogP contribution in [0.5, 0.6) is 0 Å². The first kappa shape index (κ1) is 16.2. The average Bonchev–Trinajstić information content (AvgIpc) is 2.54. The first-order valence-electron chi connectivity index (χ1n) is 7.69. The van der Waals surface area contributed by atoms with E-state index < -0.39 is 9.84 Å². The molecule has 0 aromatic heterocycles. The number of nitrogens with one attached hydrogen (secondary N) is 1. The zero-order valence-electron chi connectivity index (χ0n) is 13.4. The van der Waals surface area contributed by atoms with Crippen molar-refractivity contribution in [2.45, 2.75) is 17.4 Å². The summed E-state index contributed by atoms with van der Waals surface area (Å²) in [5.74, 6) is 0. The largest absolute Gasteiger partial charge is 0.372 e. The van der Waals surface area contributed by atoms with Gasteiger partial charge in [0.15, 0.2) is 9.84 Å². The Bertz CT molecular complexity index is 798. The quantitative estimate of drug-likeness (QED) is 0.936. The van der Waals surface area contributed by atoms with Gasteiger partial charge in [-0.25, -0.2) is 8.42 Å². The minimum absolute atomic E-state index is 0.0685. The number of benzene rings is 2. The van der Waals surface area contributed by atoms with Crippen molar-refractivity contribution in [2.24, 2.45) is 0 Å². The lowest BCUT2D eigenvalue weighted by Gasteiger charge is -2.28. The number of hydrogen-bond acceptors (Lipinski definition) is 4. The molecule has 1 atom stereocenters. The molecular formula is C18H21NO3S. The van der Waals surface area contributed by atoms with Crippen LogP contribution < -0.4 is 5.32 Å². The first-order valence-corrected chi connectivity index (χ1v) is 9.58. The highest BCUT2D eigenvalue weighted by atomic mass is 32.2. The van der Waals surface area contributed by atoms with E-state index in [1.54, 1.807) is 12.1 Å². The second-order valence-electron chi connectivity index (χ2n) is 5.84. The summed E-state index contributed by atoms with van der Waals surface area (Å²) >= 11 is 0. The predicted molar refractivity (Wildman–Crippen MR) is 91.3 cm³/mol. The molecule has 0 bridgehead atoms. The summed E-state index contributed by atoms with van der Waals surface area (Å²) in [7, 11) is -1.24. The van der Waals surface area contributed by atoms with Crippen LogP contribution in [-0.4, -0.2) is 34.9 Å². The van der Waals surface area contributed by atoms with Crippen LogP contribution in [0.4, 0.5) is 0 Å². The smallest absolute Gasteiger partial charge is 0.175 e. The van der Waals surface area contributed by atoms with Gasteiger partial charge in [-0.15, -0.1) is 0 Å². The van der Waals surface area contributed by atoms with Crippen LogP contribution in [-0.2, 0) is 21.0 Å². The summed E-state index contributed by atoms with van der Waals surface area (Å²) in [5, 5.41) is 3.17. The third-order valence-corrected chi connectivity index (χ3v) is 5.34. The Morgan fingerprint density at radius 2 is 1.91 bits per heavy atom. The maximum atomic E-state index is 11.6. The molecule has 2 aromatic rings. The van der Waals surface area contributed by atoms with Crippen LogP contribution in [0.25, 0.3) is 11.1 Å². The summed E-state index contributed by atoms with van der Waals surface area (Å²) < 4.78 is 29.1. The molecule has 4 nitrogen and oxygen atoms in total. The summed E-state index contributed by atoms with van der Waals surface area (Å²) in [6.07, 6.45) is 2.17. The monoisotopic (exact) mass is 331 g/mol. The van der Waals surface area contributed by atoms with Crippen molar-refractivity contribution < 1.29 is 13.2 Å².